The monoisotopic (exact) mass is 359 g/mol. The number of amides is 2. The SMILES string of the molecule is CN(c1cn[nH]c1)S(=O)NC(=O)Nc1c2c(cc3c1CCC3)CCC2. The van der Waals surface area contributed by atoms with Crippen molar-refractivity contribution >= 4 is 28.6 Å². The molecule has 1 aromatic heterocycles. The minimum atomic E-state index is -1.68. The third kappa shape index (κ3) is 3.02. The van der Waals surface area contributed by atoms with Gasteiger partial charge in [-0.05, 0) is 60.8 Å². The van der Waals surface area contributed by atoms with Gasteiger partial charge in [0.1, 0.15) is 0 Å². The van der Waals surface area contributed by atoms with Crippen LogP contribution in [0.2, 0.25) is 0 Å². The van der Waals surface area contributed by atoms with Crippen molar-refractivity contribution in [3.63, 3.8) is 0 Å². The van der Waals surface area contributed by atoms with E-state index in [1.165, 1.54) is 26.6 Å². The number of fused-ring (bicyclic) bond motifs is 2. The van der Waals surface area contributed by atoms with Crippen molar-refractivity contribution in [3.8, 4) is 0 Å². The molecule has 0 saturated carbocycles. The number of nitrogens with one attached hydrogen (secondary N) is 3. The standard InChI is InChI=1S/C17H21N5O2S/c1-22(13-9-18-19-10-13)25(24)21-17(23)20-16-14-6-2-4-11(14)8-12-5-3-7-15(12)16/h8-10H,2-7H2,1H3,(H,18,19)(H2,20,21,23). The molecule has 2 amide bonds. The van der Waals surface area contributed by atoms with E-state index in [-0.39, 0.29) is 0 Å². The number of urea groups is 1. The van der Waals surface area contributed by atoms with Crippen LogP contribution in [0.25, 0.3) is 0 Å². The number of benzene rings is 1. The zero-order valence-corrected chi connectivity index (χ0v) is 14.9. The van der Waals surface area contributed by atoms with E-state index in [9.17, 15) is 9.00 Å². The van der Waals surface area contributed by atoms with Gasteiger partial charge < -0.3 is 5.32 Å². The second kappa shape index (κ2) is 6.51. The average Bonchev–Trinajstić information content (AvgIpc) is 3.34. The van der Waals surface area contributed by atoms with E-state index >= 15 is 0 Å². The van der Waals surface area contributed by atoms with E-state index < -0.39 is 17.2 Å². The number of aryl methyl sites for hydroxylation is 2. The van der Waals surface area contributed by atoms with E-state index in [0.29, 0.717) is 5.69 Å². The number of anilines is 2. The van der Waals surface area contributed by atoms with Gasteiger partial charge in [-0.1, -0.05) is 6.07 Å². The minimum absolute atomic E-state index is 0.442. The molecule has 0 radical (unpaired) electrons. The quantitative estimate of drug-likeness (QED) is 0.782. The van der Waals surface area contributed by atoms with E-state index in [1.807, 2.05) is 0 Å². The van der Waals surface area contributed by atoms with Gasteiger partial charge in [-0.15, -0.1) is 0 Å². The molecule has 2 aromatic rings. The van der Waals surface area contributed by atoms with Gasteiger partial charge in [0.15, 0.2) is 0 Å². The van der Waals surface area contributed by atoms with Crippen LogP contribution in [0.4, 0.5) is 16.2 Å². The van der Waals surface area contributed by atoms with Crippen molar-refractivity contribution in [1.82, 2.24) is 14.9 Å². The summed E-state index contributed by atoms with van der Waals surface area (Å²) in [5, 5.41) is 9.46. The number of aromatic nitrogens is 2. The fraction of sp³-hybridized carbons (Fsp3) is 0.412. The molecule has 25 heavy (non-hydrogen) atoms. The summed E-state index contributed by atoms with van der Waals surface area (Å²) in [5.41, 5.74) is 6.80. The average molecular weight is 359 g/mol. The molecule has 1 heterocycles. The molecule has 0 spiro atoms. The highest BCUT2D eigenvalue weighted by atomic mass is 32.2. The largest absolute Gasteiger partial charge is 0.332 e. The topological polar surface area (TPSA) is 90.1 Å². The lowest BCUT2D eigenvalue weighted by molar-refractivity contribution is 0.257. The Bertz CT molecular complexity index is 802. The van der Waals surface area contributed by atoms with Crippen LogP contribution in [0.1, 0.15) is 35.1 Å². The minimum Gasteiger partial charge on any atom is -0.307 e. The summed E-state index contributed by atoms with van der Waals surface area (Å²) in [6.45, 7) is 0. The maximum Gasteiger partial charge on any atom is 0.332 e. The van der Waals surface area contributed by atoms with Crippen molar-refractivity contribution in [1.29, 1.82) is 0 Å². The zero-order valence-electron chi connectivity index (χ0n) is 14.1. The third-order valence-corrected chi connectivity index (χ3v) is 6.06. The zero-order chi connectivity index (χ0) is 17.4. The molecule has 0 fully saturated rings. The first-order valence-electron chi connectivity index (χ1n) is 8.52. The Kier molecular flexibility index (Phi) is 4.20. The van der Waals surface area contributed by atoms with Crippen LogP contribution in [0, 0.1) is 0 Å². The van der Waals surface area contributed by atoms with E-state index in [0.717, 1.165) is 44.2 Å². The van der Waals surface area contributed by atoms with Crippen molar-refractivity contribution in [2.45, 2.75) is 38.5 Å². The highest BCUT2D eigenvalue weighted by Crippen LogP contribution is 2.38. The molecule has 1 atom stereocenters. The Hall–Kier alpha value is -2.35. The first-order valence-corrected chi connectivity index (χ1v) is 9.62. The van der Waals surface area contributed by atoms with Crippen LogP contribution in [0.3, 0.4) is 0 Å². The van der Waals surface area contributed by atoms with Crippen LogP contribution >= 0.6 is 0 Å². The second-order valence-corrected chi connectivity index (χ2v) is 7.74. The van der Waals surface area contributed by atoms with E-state index in [1.54, 1.807) is 19.4 Å². The Labute approximate surface area is 148 Å². The summed E-state index contributed by atoms with van der Waals surface area (Å²) >= 11 is -1.68. The summed E-state index contributed by atoms with van der Waals surface area (Å²) < 4.78 is 16.3. The predicted octanol–water partition coefficient (Wildman–Crippen LogP) is 2.22. The maximum absolute atomic E-state index is 12.4. The second-order valence-electron chi connectivity index (χ2n) is 6.49. The molecule has 1 aromatic carbocycles. The van der Waals surface area contributed by atoms with Crippen molar-refractivity contribution in [2.75, 3.05) is 16.7 Å². The van der Waals surface area contributed by atoms with Crippen molar-refractivity contribution < 1.29 is 9.00 Å². The van der Waals surface area contributed by atoms with E-state index in [2.05, 4.69) is 26.3 Å². The predicted molar refractivity (Wildman–Crippen MR) is 97.8 cm³/mol. The number of rotatable bonds is 4. The van der Waals surface area contributed by atoms with Crippen molar-refractivity contribution in [3.05, 3.63) is 40.7 Å². The lowest BCUT2D eigenvalue weighted by Crippen LogP contribution is -2.38. The Morgan fingerprint density at radius 2 is 1.88 bits per heavy atom. The Balaban J connectivity index is 1.51. The normalized spacial score (nSPS) is 16.2. The van der Waals surface area contributed by atoms with Gasteiger partial charge in [0.2, 0.25) is 11.2 Å². The highest BCUT2D eigenvalue weighted by Gasteiger charge is 2.25. The van der Waals surface area contributed by atoms with Gasteiger partial charge in [0.25, 0.3) is 0 Å². The smallest absolute Gasteiger partial charge is 0.307 e. The van der Waals surface area contributed by atoms with Crippen LogP contribution in [0.15, 0.2) is 18.5 Å². The van der Waals surface area contributed by atoms with Crippen LogP contribution in [-0.4, -0.2) is 27.5 Å². The molecule has 4 rings (SSSR count). The Morgan fingerprint density at radius 3 is 2.48 bits per heavy atom. The molecule has 3 N–H and O–H groups in total. The lowest BCUT2D eigenvalue weighted by Gasteiger charge is -2.19. The van der Waals surface area contributed by atoms with Gasteiger partial charge in [-0.2, -0.15) is 5.10 Å². The summed E-state index contributed by atoms with van der Waals surface area (Å²) in [5.74, 6) is 0. The molecule has 1 unspecified atom stereocenters. The first kappa shape index (κ1) is 16.1. The number of nitrogens with zero attached hydrogens (tertiary/aromatic N) is 2. The highest BCUT2D eigenvalue weighted by molar-refractivity contribution is 7.85. The number of hydrogen-bond donors (Lipinski definition) is 3. The molecule has 2 aliphatic rings. The number of carbonyl (C=O) groups excluding carboxylic acids is 1. The van der Waals surface area contributed by atoms with E-state index in [4.69, 9.17) is 0 Å². The summed E-state index contributed by atoms with van der Waals surface area (Å²) in [4.78, 5) is 12.4. The lowest BCUT2D eigenvalue weighted by atomic mass is 9.99. The van der Waals surface area contributed by atoms with Gasteiger partial charge in [0.05, 0.1) is 11.9 Å². The molecule has 132 valence electrons. The van der Waals surface area contributed by atoms with Gasteiger partial charge in [-0.3, -0.25) is 9.40 Å². The van der Waals surface area contributed by atoms with Crippen LogP contribution in [-0.2, 0) is 36.9 Å². The Morgan fingerprint density at radius 1 is 1.20 bits per heavy atom. The molecule has 7 nitrogen and oxygen atoms in total. The third-order valence-electron chi connectivity index (χ3n) is 4.99. The molecule has 2 aliphatic carbocycles. The van der Waals surface area contributed by atoms with Crippen molar-refractivity contribution in [2.24, 2.45) is 0 Å². The maximum atomic E-state index is 12.4. The van der Waals surface area contributed by atoms with Gasteiger partial charge in [-0.25, -0.2) is 13.7 Å². The first-order chi connectivity index (χ1) is 12.1. The number of H-pyrrole nitrogens is 1. The molecule has 0 aliphatic heterocycles. The fourth-order valence-electron chi connectivity index (χ4n) is 3.77. The molecular weight excluding hydrogens is 338 g/mol. The van der Waals surface area contributed by atoms with Crippen LogP contribution < -0.4 is 14.3 Å². The number of hydrogen-bond acceptors (Lipinski definition) is 3. The molecule has 8 heteroatoms. The summed E-state index contributed by atoms with van der Waals surface area (Å²) in [6.07, 6.45) is 9.57. The number of aromatic amines is 1. The summed E-state index contributed by atoms with van der Waals surface area (Å²) in [6, 6.07) is 1.88. The molecular formula is C17H21N5O2S. The van der Waals surface area contributed by atoms with Gasteiger partial charge >= 0.3 is 6.03 Å². The van der Waals surface area contributed by atoms with Crippen LogP contribution in [0.5, 0.6) is 0 Å². The van der Waals surface area contributed by atoms with Gasteiger partial charge in [0, 0.05) is 18.9 Å². The molecule has 0 bridgehead atoms. The molecule has 0 saturated heterocycles. The summed E-state index contributed by atoms with van der Waals surface area (Å²) in [7, 11) is 1.64. The fourth-order valence-corrected chi connectivity index (χ4v) is 4.40. The number of carbonyl (C=O) groups is 1.